The molecule has 5 fully saturated rings. The molecule has 0 aromatic carbocycles. The van der Waals surface area contributed by atoms with E-state index in [-0.39, 0.29) is 0 Å². The van der Waals surface area contributed by atoms with Crippen LogP contribution in [0.15, 0.2) is 30.7 Å². The van der Waals surface area contributed by atoms with Gasteiger partial charge in [-0.1, -0.05) is 30.7 Å². The quantitative estimate of drug-likeness (QED) is 0.0357. The zero-order valence-corrected chi connectivity index (χ0v) is 51.9. The third-order valence-corrected chi connectivity index (χ3v) is 13.9. The molecule has 1 aliphatic carbocycles. The molecule has 4 aliphatic heterocycles. The van der Waals surface area contributed by atoms with E-state index in [4.69, 9.17) is 85.3 Å². The highest BCUT2D eigenvalue weighted by Crippen LogP contribution is 2.42. The van der Waals surface area contributed by atoms with E-state index in [1.54, 1.807) is 0 Å². The smallest absolute Gasteiger partial charge is 0.303 e. The fraction of sp³-hybridized carbons (Fsp3) is 0.796. The van der Waals surface area contributed by atoms with Gasteiger partial charge < -0.3 is 85.3 Å². The second-order valence-corrected chi connectivity index (χ2v) is 20.8. The van der Waals surface area contributed by atoms with Crippen LogP contribution >= 0.6 is 0 Å². The molecule has 0 radical (unpaired) electrons. The first-order valence-electron chi connectivity index (χ1n) is 28.2. The highest BCUT2D eigenvalue weighted by atomic mass is 16.8. The lowest BCUT2D eigenvalue weighted by Gasteiger charge is -2.48. The number of rotatable bonds is 28. The summed E-state index contributed by atoms with van der Waals surface area (Å²) in [4.78, 5) is 145. The Labute approximate surface area is 534 Å². The molecule has 0 bridgehead atoms. The van der Waals surface area contributed by atoms with Crippen LogP contribution in [0.5, 0.6) is 0 Å². The fourth-order valence-corrected chi connectivity index (χ4v) is 10.8. The first-order chi connectivity index (χ1) is 45.1. The maximum Gasteiger partial charge on any atom is 0.303 e. The van der Waals surface area contributed by atoms with Gasteiger partial charge in [-0.15, -0.1) is 0 Å². The third-order valence-electron chi connectivity index (χ3n) is 13.9. The molecule has 518 valence electrons. The van der Waals surface area contributed by atoms with Gasteiger partial charge in [0.15, 0.2) is 74.0 Å². The van der Waals surface area contributed by atoms with Crippen molar-refractivity contribution in [1.29, 1.82) is 0 Å². The van der Waals surface area contributed by atoms with E-state index in [2.05, 4.69) is 60.2 Å². The van der Waals surface area contributed by atoms with Gasteiger partial charge in [0.1, 0.15) is 61.4 Å². The van der Waals surface area contributed by atoms with E-state index in [0.29, 0.717) is 0 Å². The van der Waals surface area contributed by atoms with Gasteiger partial charge in [0.2, 0.25) is 0 Å². The zero-order valence-electron chi connectivity index (χ0n) is 51.9. The summed E-state index contributed by atoms with van der Waals surface area (Å²) in [6.07, 6.45) is -39.1. The molecule has 95 heavy (non-hydrogen) atoms. The van der Waals surface area contributed by atoms with Crippen molar-refractivity contribution in [2.75, 3.05) is 26.3 Å². The first-order valence-corrected chi connectivity index (χ1v) is 28.2. The number of nitrogens with zero attached hydrogens (tertiary/aromatic N) is 18. The Morgan fingerprint density at radius 3 is 1.06 bits per heavy atom. The van der Waals surface area contributed by atoms with Gasteiger partial charge in [-0.05, 0) is 39.6 Å². The second-order valence-electron chi connectivity index (χ2n) is 20.8. The standard InChI is InChI=1S/C49H64N18O28/c1-16(68)78-14-30-38(83-20(5)72)43(86-23(8)75)45(88-25(10)77)48(91-30)79-15-31-39(94-47-33(61-67-55)41(85-22(7)74)37(82-19(4)71)29(90-47)13-57-63-51)44(87-24(9)76)49(92-31)95-42-34(80-17(2)69)26(58-64-52)11-27(59-65-53)35(42)93-46-32(60-66-54)40(84-21(6)73)36(81-18(3)70)28(89-46)12-56-62-50/h26-49H,11-15H2,1-10H3/t26-,27?,28?,29+,30?,31-,32?,33?,34?,35-,36-,37-,38-,39+,40-,41?,42-,43+,44?,45?,46-,47-,48-,49+/m1/s1. The van der Waals surface area contributed by atoms with Crippen LogP contribution < -0.4 is 0 Å². The maximum atomic E-state index is 13.6. The molecule has 4 heterocycles. The molecular weight excluding hydrogens is 1290 g/mol. The predicted molar refractivity (Wildman–Crippen MR) is 296 cm³/mol. The summed E-state index contributed by atoms with van der Waals surface area (Å²) in [5.41, 5.74) is 58.8. The van der Waals surface area contributed by atoms with Crippen LogP contribution in [0, 0.1) is 0 Å². The van der Waals surface area contributed by atoms with E-state index in [1.807, 2.05) is 0 Å². The Morgan fingerprint density at radius 2 is 0.653 bits per heavy atom. The highest BCUT2D eigenvalue weighted by Gasteiger charge is 2.61. The average molecular weight is 1350 g/mol. The van der Waals surface area contributed by atoms with Crippen molar-refractivity contribution in [3.63, 3.8) is 0 Å². The van der Waals surface area contributed by atoms with Crippen LogP contribution in [0.2, 0.25) is 0 Å². The topological polar surface area (TPSA) is 629 Å². The summed E-state index contributed by atoms with van der Waals surface area (Å²) in [6.45, 7) is 6.03. The summed E-state index contributed by atoms with van der Waals surface area (Å²) >= 11 is 0. The van der Waals surface area contributed by atoms with Gasteiger partial charge in [0.05, 0.1) is 37.9 Å². The molecule has 9 unspecified atom stereocenters. The zero-order chi connectivity index (χ0) is 70.4. The van der Waals surface area contributed by atoms with Crippen LogP contribution in [0.3, 0.4) is 0 Å². The Hall–Kier alpha value is -9.76. The van der Waals surface area contributed by atoms with Crippen LogP contribution in [-0.2, 0) is 133 Å². The van der Waals surface area contributed by atoms with Crippen molar-refractivity contribution < 1.29 is 133 Å². The monoisotopic (exact) mass is 1350 g/mol. The lowest BCUT2D eigenvalue weighted by molar-refractivity contribution is -0.319. The Morgan fingerprint density at radius 1 is 0.326 bits per heavy atom. The van der Waals surface area contributed by atoms with Crippen molar-refractivity contribution in [2.45, 2.75) is 223 Å². The molecular formula is C49H64N18O28. The average Bonchev–Trinajstić information content (AvgIpc) is 1.75. The van der Waals surface area contributed by atoms with Crippen molar-refractivity contribution >= 4 is 59.7 Å². The lowest BCUT2D eigenvalue weighted by atomic mass is 9.83. The second kappa shape index (κ2) is 36.1. The molecule has 0 amide bonds. The molecule has 24 atom stereocenters. The molecule has 0 aromatic heterocycles. The Bertz CT molecular complexity index is 3150. The molecule has 4 saturated heterocycles. The van der Waals surface area contributed by atoms with Crippen molar-refractivity contribution in [2.24, 2.45) is 30.7 Å². The van der Waals surface area contributed by atoms with Crippen LogP contribution in [0.4, 0.5) is 0 Å². The number of azide groups is 6. The number of ether oxygens (including phenoxy) is 18. The van der Waals surface area contributed by atoms with Crippen molar-refractivity contribution in [3.8, 4) is 0 Å². The number of carbonyl (C=O) groups excluding carboxylic acids is 10. The van der Waals surface area contributed by atoms with E-state index in [1.165, 1.54) is 0 Å². The van der Waals surface area contributed by atoms with E-state index >= 15 is 0 Å². The normalized spacial score (nSPS) is 33.7. The molecule has 1 saturated carbocycles. The molecule has 46 nitrogen and oxygen atoms in total. The van der Waals surface area contributed by atoms with Gasteiger partial charge in [-0.25, -0.2) is 0 Å². The molecule has 5 rings (SSSR count). The van der Waals surface area contributed by atoms with Gasteiger partial charge >= 0.3 is 59.7 Å². The molecule has 5 aliphatic rings. The summed E-state index contributed by atoms with van der Waals surface area (Å²) < 4.78 is 106. The summed E-state index contributed by atoms with van der Waals surface area (Å²) in [5.74, 6) is -10.5. The SMILES string of the molecule is CC(=O)OCC1O[C@@H](OC[C@H]2O[C@@H](O[C@@H]3C(OC(C)=O)[C@H](N=[N+]=[N-])CC(N=[N+]=[N-])[C@H]3O[C@H]3OC(CN=[N+]=[N-])[C@@H](OC(C)=O)[C@H](OC(C)=O)C3N=[N+]=[N-])C(OC(C)=O)[C@H]2O[C@H]2O[C@@H](CN=[N+]=[N-])[C@@H](OC(C)=O)C(OC(C)=O)C2N=[N+]=[N-])C(OC(C)=O)[C@@H](OC(C)=O)[C@@H]1OC(C)=O. The van der Waals surface area contributed by atoms with Gasteiger partial charge in [-0.3, -0.25) is 47.9 Å². The number of carbonyl (C=O) groups is 10. The van der Waals surface area contributed by atoms with Crippen molar-refractivity contribution in [3.05, 3.63) is 62.7 Å². The lowest BCUT2D eigenvalue weighted by Crippen LogP contribution is -2.65. The van der Waals surface area contributed by atoms with E-state index in [9.17, 15) is 81.1 Å². The highest BCUT2D eigenvalue weighted by molar-refractivity contribution is 5.70. The number of hydrogen-bond donors (Lipinski definition) is 0. The largest absolute Gasteiger partial charge is 0.463 e. The maximum absolute atomic E-state index is 13.6. The van der Waals surface area contributed by atoms with Gasteiger partial charge in [0.25, 0.3) is 0 Å². The third kappa shape index (κ3) is 21.1. The van der Waals surface area contributed by atoms with Crippen LogP contribution in [0.25, 0.3) is 62.7 Å². The first kappa shape index (κ1) is 76.0. The molecule has 46 heteroatoms. The number of esters is 10. The van der Waals surface area contributed by atoms with Crippen LogP contribution in [-0.4, -0.2) is 233 Å². The summed E-state index contributed by atoms with van der Waals surface area (Å²) in [6, 6.07) is -7.25. The van der Waals surface area contributed by atoms with Gasteiger partial charge in [-0.2, -0.15) is 0 Å². The minimum Gasteiger partial charge on any atom is -0.463 e. The van der Waals surface area contributed by atoms with Gasteiger partial charge in [0, 0.05) is 98.7 Å². The molecule has 0 N–H and O–H groups in total. The Kier molecular flexibility index (Phi) is 28.8. The minimum atomic E-state index is -2.28. The van der Waals surface area contributed by atoms with Crippen molar-refractivity contribution in [1.82, 2.24) is 0 Å². The minimum absolute atomic E-state index is 0.604. The fourth-order valence-electron chi connectivity index (χ4n) is 10.8. The Balaban J connectivity index is 1.81. The van der Waals surface area contributed by atoms with Crippen LogP contribution in [0.1, 0.15) is 75.7 Å². The predicted octanol–water partition coefficient (Wildman–Crippen LogP) is 2.75. The number of hydrogen-bond acceptors (Lipinski definition) is 34. The molecule has 0 aromatic rings. The van der Waals surface area contributed by atoms with E-state index < -0.39 is 239 Å². The van der Waals surface area contributed by atoms with E-state index in [0.717, 1.165) is 69.2 Å². The summed E-state index contributed by atoms with van der Waals surface area (Å²) in [7, 11) is 0. The summed E-state index contributed by atoms with van der Waals surface area (Å²) in [5, 5.41) is 22.0. The molecule has 0 spiro atoms.